The molecule has 0 amide bonds. The van der Waals surface area contributed by atoms with Crippen LogP contribution in [0.15, 0.2) is 279 Å². The molecule has 0 bridgehead atoms. The van der Waals surface area contributed by atoms with Crippen LogP contribution in [0.25, 0.3) is 11.1 Å². The SMILES string of the molecule is c1ccc(N(c2ccccc2)c2ccc(N(c3ccccc3)c3cccc(-c4cccc(N(c5ccccc5)c5ccc(N(c6ccccc6)c6ccccc6)cc5)c4)c3)cc2)cc1. The summed E-state index contributed by atoms with van der Waals surface area (Å²) < 4.78 is 0. The first kappa shape index (κ1) is 39.5. The lowest BCUT2D eigenvalue weighted by Crippen LogP contribution is -2.12. The van der Waals surface area contributed by atoms with E-state index in [1.807, 2.05) is 0 Å². The molecule has 0 saturated heterocycles. The predicted molar refractivity (Wildman–Crippen MR) is 271 cm³/mol. The van der Waals surface area contributed by atoms with Crippen LogP contribution in [-0.2, 0) is 0 Å². The van der Waals surface area contributed by atoms with Crippen molar-refractivity contribution in [1.82, 2.24) is 0 Å². The topological polar surface area (TPSA) is 13.0 Å². The summed E-state index contributed by atoms with van der Waals surface area (Å²) in [5.74, 6) is 0. The molecule has 0 N–H and O–H groups in total. The molecule has 0 fully saturated rings. The van der Waals surface area contributed by atoms with E-state index in [1.54, 1.807) is 0 Å². The quantitative estimate of drug-likeness (QED) is 0.115. The first-order valence-corrected chi connectivity index (χ1v) is 21.7. The smallest absolute Gasteiger partial charge is 0.0467 e. The Bertz CT molecular complexity index is 2730. The summed E-state index contributed by atoms with van der Waals surface area (Å²) in [4.78, 5) is 9.25. The van der Waals surface area contributed by atoms with Crippen LogP contribution in [0.5, 0.6) is 0 Å². The summed E-state index contributed by atoms with van der Waals surface area (Å²) in [7, 11) is 0. The van der Waals surface area contributed by atoms with Gasteiger partial charge in [0.15, 0.2) is 0 Å². The van der Waals surface area contributed by atoms with Crippen molar-refractivity contribution in [2.45, 2.75) is 0 Å². The van der Waals surface area contributed by atoms with Gasteiger partial charge in [-0.25, -0.2) is 0 Å². The average Bonchev–Trinajstić information content (AvgIpc) is 3.37. The summed E-state index contributed by atoms with van der Waals surface area (Å²) in [5.41, 5.74) is 15.3. The summed E-state index contributed by atoms with van der Waals surface area (Å²) in [6.07, 6.45) is 0. The van der Waals surface area contributed by atoms with Crippen molar-refractivity contribution >= 4 is 68.2 Å². The predicted octanol–water partition coefficient (Wildman–Crippen LogP) is 17.2. The van der Waals surface area contributed by atoms with Crippen molar-refractivity contribution in [3.8, 4) is 11.1 Å². The van der Waals surface area contributed by atoms with Gasteiger partial charge in [0.25, 0.3) is 0 Å². The molecule has 0 aromatic heterocycles. The second kappa shape index (κ2) is 18.6. The molecule has 10 rings (SSSR count). The van der Waals surface area contributed by atoms with Crippen LogP contribution < -0.4 is 19.6 Å². The van der Waals surface area contributed by atoms with Crippen molar-refractivity contribution in [2.24, 2.45) is 0 Å². The molecule has 64 heavy (non-hydrogen) atoms. The lowest BCUT2D eigenvalue weighted by molar-refractivity contribution is 1.25. The van der Waals surface area contributed by atoms with Crippen LogP contribution in [0.1, 0.15) is 0 Å². The van der Waals surface area contributed by atoms with E-state index in [9.17, 15) is 0 Å². The van der Waals surface area contributed by atoms with Crippen LogP contribution in [0.2, 0.25) is 0 Å². The van der Waals surface area contributed by atoms with Crippen molar-refractivity contribution < 1.29 is 0 Å². The Hall–Kier alpha value is -8.60. The fourth-order valence-corrected chi connectivity index (χ4v) is 8.40. The summed E-state index contributed by atoms with van der Waals surface area (Å²) in [5, 5.41) is 0. The van der Waals surface area contributed by atoms with Crippen molar-refractivity contribution in [3.05, 3.63) is 279 Å². The monoisotopic (exact) mass is 822 g/mol. The molecule has 0 saturated carbocycles. The Balaban J connectivity index is 0.998. The van der Waals surface area contributed by atoms with Gasteiger partial charge < -0.3 is 19.6 Å². The standard InChI is InChI=1S/C60H46N4/c1-7-23-49(24-8-1)61(50-25-9-2-10-26-50)55-37-41-57(42-38-55)63(53-31-15-5-16-32-53)59-35-19-21-47(45-59)48-22-20-36-60(46-48)64(54-33-17-6-18-34-54)58-43-39-56(40-44-58)62(51-27-11-3-12-28-51)52-29-13-4-14-30-52/h1-46H. The Labute approximate surface area is 376 Å². The number of nitrogens with zero attached hydrogens (tertiary/aromatic N) is 4. The number of rotatable bonds is 13. The van der Waals surface area contributed by atoms with Gasteiger partial charge in [-0.15, -0.1) is 0 Å². The van der Waals surface area contributed by atoms with Crippen molar-refractivity contribution in [1.29, 1.82) is 0 Å². The van der Waals surface area contributed by atoms with Gasteiger partial charge in [-0.1, -0.05) is 133 Å². The molecule has 0 radical (unpaired) electrons. The van der Waals surface area contributed by atoms with Crippen LogP contribution in [0.4, 0.5) is 68.2 Å². The molecule has 10 aromatic rings. The van der Waals surface area contributed by atoms with Gasteiger partial charge in [-0.05, 0) is 157 Å². The number of benzene rings is 10. The second-order valence-corrected chi connectivity index (χ2v) is 15.5. The molecule has 0 spiro atoms. The number of para-hydroxylation sites is 6. The van der Waals surface area contributed by atoms with Crippen LogP contribution in [0, 0.1) is 0 Å². The highest BCUT2D eigenvalue weighted by Gasteiger charge is 2.19. The minimum atomic E-state index is 1.07. The van der Waals surface area contributed by atoms with Gasteiger partial charge in [0.1, 0.15) is 0 Å². The maximum atomic E-state index is 2.33. The first-order chi connectivity index (χ1) is 31.8. The zero-order chi connectivity index (χ0) is 42.9. The summed E-state index contributed by atoms with van der Waals surface area (Å²) >= 11 is 0. The lowest BCUT2D eigenvalue weighted by atomic mass is 10.0. The second-order valence-electron chi connectivity index (χ2n) is 15.5. The highest BCUT2D eigenvalue weighted by atomic mass is 15.2. The van der Waals surface area contributed by atoms with Crippen LogP contribution in [-0.4, -0.2) is 0 Å². The highest BCUT2D eigenvalue weighted by molar-refractivity contribution is 5.86. The lowest BCUT2D eigenvalue weighted by Gasteiger charge is -2.29. The fraction of sp³-hybridized carbons (Fsp3) is 0. The third kappa shape index (κ3) is 8.49. The highest BCUT2D eigenvalue weighted by Crippen LogP contribution is 2.42. The summed E-state index contributed by atoms with van der Waals surface area (Å²) in [6.45, 7) is 0. The van der Waals surface area contributed by atoms with Gasteiger partial charge in [-0.2, -0.15) is 0 Å². The van der Waals surface area contributed by atoms with E-state index < -0.39 is 0 Å². The third-order valence-corrected chi connectivity index (χ3v) is 11.4. The van der Waals surface area contributed by atoms with E-state index >= 15 is 0 Å². The van der Waals surface area contributed by atoms with Crippen LogP contribution in [0.3, 0.4) is 0 Å². The first-order valence-electron chi connectivity index (χ1n) is 21.7. The maximum Gasteiger partial charge on any atom is 0.0467 e. The molecular formula is C60H46N4. The molecule has 0 aliphatic carbocycles. The molecule has 0 aliphatic heterocycles. The fourth-order valence-electron chi connectivity index (χ4n) is 8.40. The van der Waals surface area contributed by atoms with E-state index in [2.05, 4.69) is 299 Å². The van der Waals surface area contributed by atoms with Gasteiger partial charge in [0.05, 0.1) is 0 Å². The molecule has 0 unspecified atom stereocenters. The van der Waals surface area contributed by atoms with E-state index in [0.717, 1.165) is 79.4 Å². The Morgan fingerprint density at radius 1 is 0.141 bits per heavy atom. The van der Waals surface area contributed by atoms with E-state index in [1.165, 1.54) is 0 Å². The molecule has 4 heteroatoms. The Morgan fingerprint density at radius 3 is 0.531 bits per heavy atom. The molecule has 4 nitrogen and oxygen atoms in total. The van der Waals surface area contributed by atoms with Gasteiger partial charge in [0, 0.05) is 68.2 Å². The normalized spacial score (nSPS) is 10.8. The Kier molecular flexibility index (Phi) is 11.5. The number of anilines is 12. The number of hydrogen-bond donors (Lipinski definition) is 0. The van der Waals surface area contributed by atoms with Crippen LogP contribution >= 0.6 is 0 Å². The molecule has 306 valence electrons. The zero-order valence-corrected chi connectivity index (χ0v) is 35.3. The van der Waals surface area contributed by atoms with E-state index in [4.69, 9.17) is 0 Å². The van der Waals surface area contributed by atoms with Crippen molar-refractivity contribution in [3.63, 3.8) is 0 Å². The third-order valence-electron chi connectivity index (χ3n) is 11.4. The molecule has 0 atom stereocenters. The molecular weight excluding hydrogens is 777 g/mol. The van der Waals surface area contributed by atoms with Gasteiger partial charge in [0.2, 0.25) is 0 Å². The largest absolute Gasteiger partial charge is 0.311 e. The summed E-state index contributed by atoms with van der Waals surface area (Å²) in [6, 6.07) is 98.8. The van der Waals surface area contributed by atoms with E-state index in [-0.39, 0.29) is 0 Å². The minimum absolute atomic E-state index is 1.07. The molecule has 0 aliphatic rings. The Morgan fingerprint density at radius 2 is 0.312 bits per heavy atom. The van der Waals surface area contributed by atoms with Gasteiger partial charge >= 0.3 is 0 Å². The molecule has 10 aromatic carbocycles. The van der Waals surface area contributed by atoms with Gasteiger partial charge in [-0.3, -0.25) is 0 Å². The average molecular weight is 823 g/mol. The minimum Gasteiger partial charge on any atom is -0.311 e. The maximum absolute atomic E-state index is 2.33. The van der Waals surface area contributed by atoms with Crippen molar-refractivity contribution in [2.75, 3.05) is 19.6 Å². The zero-order valence-electron chi connectivity index (χ0n) is 35.3. The number of hydrogen-bond acceptors (Lipinski definition) is 4. The molecule has 0 heterocycles. The van der Waals surface area contributed by atoms with E-state index in [0.29, 0.717) is 0 Å².